The van der Waals surface area contributed by atoms with Gasteiger partial charge in [0.25, 0.3) is 10.2 Å². The third-order valence-electron chi connectivity index (χ3n) is 5.62. The summed E-state index contributed by atoms with van der Waals surface area (Å²) in [5.41, 5.74) is 2.28. The van der Waals surface area contributed by atoms with Crippen LogP contribution in [0, 0.1) is 12.8 Å². The van der Waals surface area contributed by atoms with Gasteiger partial charge in [0.05, 0.1) is 5.92 Å². The van der Waals surface area contributed by atoms with E-state index in [1.54, 1.807) is 0 Å². The molecule has 7 nitrogen and oxygen atoms in total. The van der Waals surface area contributed by atoms with Crippen LogP contribution in [-0.4, -0.2) is 81.2 Å². The third-order valence-corrected chi connectivity index (χ3v) is 7.77. The van der Waals surface area contributed by atoms with E-state index in [0.717, 1.165) is 25.2 Å². The van der Waals surface area contributed by atoms with Crippen LogP contribution < -0.4 is 4.90 Å². The fourth-order valence-electron chi connectivity index (χ4n) is 3.93. The Morgan fingerprint density at radius 3 is 2.46 bits per heavy atom. The molecule has 1 aromatic rings. The van der Waals surface area contributed by atoms with Crippen molar-refractivity contribution >= 4 is 33.4 Å². The molecule has 2 aliphatic rings. The maximum atomic E-state index is 13.0. The Morgan fingerprint density at radius 2 is 1.82 bits per heavy atom. The topological polar surface area (TPSA) is 64.2 Å². The Balaban J connectivity index is 1.61. The molecule has 0 aliphatic carbocycles. The smallest absolute Gasteiger partial charge is 0.281 e. The summed E-state index contributed by atoms with van der Waals surface area (Å²) in [6.45, 7) is 5.59. The lowest BCUT2D eigenvalue weighted by Gasteiger charge is -2.40. The number of aryl methyl sites for hydroxylation is 1. The van der Waals surface area contributed by atoms with Gasteiger partial charge < -0.3 is 9.80 Å². The van der Waals surface area contributed by atoms with Crippen LogP contribution in [-0.2, 0) is 15.0 Å². The van der Waals surface area contributed by atoms with Crippen molar-refractivity contribution in [1.82, 2.24) is 13.5 Å². The molecule has 2 aliphatic heterocycles. The first-order valence-electron chi connectivity index (χ1n) is 9.67. The zero-order valence-corrected chi connectivity index (χ0v) is 18.3. The van der Waals surface area contributed by atoms with Gasteiger partial charge in [-0.15, -0.1) is 0 Å². The molecule has 0 radical (unpaired) electrons. The predicted molar refractivity (Wildman–Crippen MR) is 112 cm³/mol. The van der Waals surface area contributed by atoms with Gasteiger partial charge in [0, 0.05) is 64.1 Å². The zero-order chi connectivity index (χ0) is 20.5. The Labute approximate surface area is 173 Å². The number of halogens is 1. The number of hydrogen-bond acceptors (Lipinski definition) is 4. The molecule has 9 heteroatoms. The van der Waals surface area contributed by atoms with E-state index in [1.165, 1.54) is 28.3 Å². The second-order valence-electron chi connectivity index (χ2n) is 7.73. The molecule has 3 rings (SSSR count). The highest BCUT2D eigenvalue weighted by molar-refractivity contribution is 7.86. The molecule has 1 amide bonds. The second kappa shape index (κ2) is 8.57. The number of amides is 1. The number of piperidine rings is 1. The summed E-state index contributed by atoms with van der Waals surface area (Å²) >= 11 is 6.14. The van der Waals surface area contributed by atoms with Gasteiger partial charge in [-0.1, -0.05) is 17.7 Å². The zero-order valence-electron chi connectivity index (χ0n) is 16.8. The van der Waals surface area contributed by atoms with E-state index < -0.39 is 10.2 Å². The first-order chi connectivity index (χ1) is 13.2. The summed E-state index contributed by atoms with van der Waals surface area (Å²) in [4.78, 5) is 17.2. The molecule has 0 unspecified atom stereocenters. The molecule has 0 saturated carbocycles. The minimum atomic E-state index is -3.48. The van der Waals surface area contributed by atoms with E-state index >= 15 is 0 Å². The van der Waals surface area contributed by atoms with Crippen LogP contribution in [0.2, 0.25) is 5.02 Å². The van der Waals surface area contributed by atoms with E-state index in [-0.39, 0.29) is 18.4 Å². The summed E-state index contributed by atoms with van der Waals surface area (Å²) in [6, 6.07) is 5.87. The lowest BCUT2D eigenvalue weighted by Crippen LogP contribution is -2.54. The van der Waals surface area contributed by atoms with Crippen molar-refractivity contribution in [3.05, 3.63) is 28.8 Å². The fraction of sp³-hybridized carbons (Fsp3) is 0.632. The highest BCUT2D eigenvalue weighted by Crippen LogP contribution is 2.27. The molecule has 1 aromatic carbocycles. The minimum Gasteiger partial charge on any atom is -0.368 e. The average Bonchev–Trinajstić information content (AvgIpc) is 2.69. The van der Waals surface area contributed by atoms with Gasteiger partial charge >= 0.3 is 0 Å². The number of benzene rings is 1. The lowest BCUT2D eigenvalue weighted by molar-refractivity contribution is -0.137. The van der Waals surface area contributed by atoms with Gasteiger partial charge in [-0.05, 0) is 37.5 Å². The van der Waals surface area contributed by atoms with Crippen LogP contribution in [0.5, 0.6) is 0 Å². The number of piperazine rings is 1. The standard InChI is InChI=1S/C19H29ClN4O3S/c1-15-6-7-17(20)13-18(15)22-9-11-23(12-10-22)19(25)16-5-4-8-24(14-16)28(26,27)21(2)3/h6-7,13,16H,4-5,8-12,14H2,1-3H3/t16-/m0/s1. The Hall–Kier alpha value is -1.35. The Kier molecular flexibility index (Phi) is 6.54. The summed E-state index contributed by atoms with van der Waals surface area (Å²) in [5, 5.41) is 0.712. The predicted octanol–water partition coefficient (Wildman–Crippen LogP) is 1.82. The maximum Gasteiger partial charge on any atom is 0.281 e. The molecule has 28 heavy (non-hydrogen) atoms. The lowest BCUT2D eigenvalue weighted by atomic mass is 9.97. The highest BCUT2D eigenvalue weighted by atomic mass is 35.5. The van der Waals surface area contributed by atoms with Crippen LogP contribution in [0.4, 0.5) is 5.69 Å². The first-order valence-corrected chi connectivity index (χ1v) is 11.4. The number of anilines is 1. The van der Waals surface area contributed by atoms with E-state index in [1.807, 2.05) is 23.1 Å². The Morgan fingerprint density at radius 1 is 1.14 bits per heavy atom. The number of rotatable bonds is 4. The Bertz CT molecular complexity index is 822. The van der Waals surface area contributed by atoms with Gasteiger partial charge in [-0.2, -0.15) is 17.0 Å². The molecule has 1 atom stereocenters. The van der Waals surface area contributed by atoms with E-state index in [9.17, 15) is 13.2 Å². The summed E-state index contributed by atoms with van der Waals surface area (Å²) < 4.78 is 27.4. The molecule has 0 aromatic heterocycles. The normalized spacial score (nSPS) is 22.0. The van der Waals surface area contributed by atoms with Crippen LogP contribution in [0.1, 0.15) is 18.4 Å². The SMILES string of the molecule is Cc1ccc(Cl)cc1N1CCN(C(=O)[C@H]2CCCN(S(=O)(=O)N(C)C)C2)CC1. The van der Waals surface area contributed by atoms with Gasteiger partial charge in [0.15, 0.2) is 0 Å². The molecule has 2 saturated heterocycles. The molecule has 0 bridgehead atoms. The van der Waals surface area contributed by atoms with Crippen LogP contribution in [0.25, 0.3) is 0 Å². The van der Waals surface area contributed by atoms with Gasteiger partial charge in [0.1, 0.15) is 0 Å². The van der Waals surface area contributed by atoms with Crippen molar-refractivity contribution in [1.29, 1.82) is 0 Å². The van der Waals surface area contributed by atoms with Crippen molar-refractivity contribution in [2.75, 3.05) is 58.3 Å². The van der Waals surface area contributed by atoms with Crippen molar-refractivity contribution in [2.24, 2.45) is 5.92 Å². The molecule has 0 spiro atoms. The maximum absolute atomic E-state index is 13.0. The summed E-state index contributed by atoms with van der Waals surface area (Å²) in [7, 11) is -0.424. The van der Waals surface area contributed by atoms with E-state index in [0.29, 0.717) is 31.1 Å². The molecule has 0 N–H and O–H groups in total. The largest absolute Gasteiger partial charge is 0.368 e. The first kappa shape index (κ1) is 21.4. The highest BCUT2D eigenvalue weighted by Gasteiger charge is 2.36. The number of hydrogen-bond donors (Lipinski definition) is 0. The number of carbonyl (C=O) groups is 1. The summed E-state index contributed by atoms with van der Waals surface area (Å²) in [6.07, 6.45) is 1.46. The average molecular weight is 429 g/mol. The second-order valence-corrected chi connectivity index (χ2v) is 10.3. The molecular weight excluding hydrogens is 400 g/mol. The van der Waals surface area contributed by atoms with Crippen LogP contribution in [0.15, 0.2) is 18.2 Å². The van der Waals surface area contributed by atoms with Gasteiger partial charge in [-0.25, -0.2) is 0 Å². The van der Waals surface area contributed by atoms with Crippen LogP contribution in [0.3, 0.4) is 0 Å². The quantitative estimate of drug-likeness (QED) is 0.733. The van der Waals surface area contributed by atoms with E-state index in [4.69, 9.17) is 11.6 Å². The van der Waals surface area contributed by atoms with Crippen molar-refractivity contribution in [3.63, 3.8) is 0 Å². The number of nitrogens with zero attached hydrogens (tertiary/aromatic N) is 4. The fourth-order valence-corrected chi connectivity index (χ4v) is 5.29. The molecule has 156 valence electrons. The minimum absolute atomic E-state index is 0.0705. The molecular formula is C19H29ClN4O3S. The van der Waals surface area contributed by atoms with Crippen molar-refractivity contribution < 1.29 is 13.2 Å². The molecule has 2 fully saturated rings. The monoisotopic (exact) mass is 428 g/mol. The third kappa shape index (κ3) is 4.45. The summed E-state index contributed by atoms with van der Waals surface area (Å²) in [5.74, 6) is -0.191. The van der Waals surface area contributed by atoms with Crippen molar-refractivity contribution in [2.45, 2.75) is 19.8 Å². The van der Waals surface area contributed by atoms with Gasteiger partial charge in [-0.3, -0.25) is 4.79 Å². The van der Waals surface area contributed by atoms with Crippen molar-refractivity contribution in [3.8, 4) is 0 Å². The van der Waals surface area contributed by atoms with Crippen LogP contribution >= 0.6 is 11.6 Å². The molecule has 2 heterocycles. The number of carbonyl (C=O) groups excluding carboxylic acids is 1. The van der Waals surface area contributed by atoms with E-state index in [2.05, 4.69) is 11.8 Å². The van der Waals surface area contributed by atoms with Gasteiger partial charge in [0.2, 0.25) is 5.91 Å².